The molecule has 2 fully saturated rings. The molecule has 2 aliphatic rings. The topological polar surface area (TPSA) is 107 Å². The average molecular weight is 460 g/mol. The summed E-state index contributed by atoms with van der Waals surface area (Å²) in [6, 6.07) is 0. The van der Waals surface area contributed by atoms with Crippen molar-refractivity contribution in [3.05, 3.63) is 0 Å². The van der Waals surface area contributed by atoms with Gasteiger partial charge in [-0.05, 0) is 19.3 Å². The zero-order chi connectivity index (χ0) is 20.7. The molecule has 0 aromatic heterocycles. The van der Waals surface area contributed by atoms with E-state index in [9.17, 15) is 40.0 Å². The van der Waals surface area contributed by atoms with Gasteiger partial charge in [0.25, 0.3) is 0 Å². The number of thioether (sulfide) groups is 2. The minimum absolute atomic E-state index is 0.127. The van der Waals surface area contributed by atoms with Crippen molar-refractivity contribution in [1.29, 1.82) is 0 Å². The fourth-order valence-electron chi connectivity index (χ4n) is 2.58. The first-order chi connectivity index (χ1) is 12.2. The molecule has 3 atom stereocenters. The summed E-state index contributed by atoms with van der Waals surface area (Å²) in [7, 11) is -6.01. The van der Waals surface area contributed by atoms with Crippen molar-refractivity contribution < 1.29 is 54.0 Å². The lowest BCUT2D eigenvalue weighted by Gasteiger charge is -2.30. The van der Waals surface area contributed by atoms with E-state index in [0.717, 1.165) is 23.5 Å². The summed E-state index contributed by atoms with van der Waals surface area (Å²) in [5.41, 5.74) is 0. The fraction of sp³-hybridized carbons (Fsp3) is 0.833. The van der Waals surface area contributed by atoms with E-state index < -0.39 is 55.5 Å². The van der Waals surface area contributed by atoms with E-state index >= 15 is 0 Å². The molecule has 1 heterocycles. The molecular formula is C12H13F5O7S3. The molecule has 1 N–H and O–H groups in total. The third-order valence-electron chi connectivity index (χ3n) is 3.80. The van der Waals surface area contributed by atoms with Crippen LogP contribution in [0, 0.1) is 0 Å². The lowest BCUT2D eigenvalue weighted by Crippen LogP contribution is -2.43. The van der Waals surface area contributed by atoms with Gasteiger partial charge in [-0.3, -0.25) is 4.55 Å². The highest BCUT2D eigenvalue weighted by Gasteiger charge is 2.58. The summed E-state index contributed by atoms with van der Waals surface area (Å²) in [6.45, 7) is -0.570. The first-order valence-electron chi connectivity index (χ1n) is 7.31. The summed E-state index contributed by atoms with van der Waals surface area (Å²) in [5, 5.41) is -5.73. The zero-order valence-corrected chi connectivity index (χ0v) is 15.7. The Labute approximate surface area is 158 Å². The van der Waals surface area contributed by atoms with Gasteiger partial charge >= 0.3 is 33.5 Å². The largest absolute Gasteiger partial charge is 0.490 e. The highest BCUT2D eigenvalue weighted by molar-refractivity contribution is 8.21. The second-order valence-electron chi connectivity index (χ2n) is 5.74. The normalized spacial score (nSPS) is 29.1. The van der Waals surface area contributed by atoms with Gasteiger partial charge in [-0.25, -0.2) is 9.59 Å². The predicted molar refractivity (Wildman–Crippen MR) is 83.8 cm³/mol. The first kappa shape index (κ1) is 22.5. The summed E-state index contributed by atoms with van der Waals surface area (Å²) in [4.78, 5) is 22.2. The standard InChI is InChI=1S/C12H13F5O7S3/c13-11(14,15)8(18)23-4-6-5-25-10(26-6)3-1-2-7(10)24-9(19)12(16,17)27(20,21)22/h6-7H,1-5H2,(H,20,21,22). The number of carbonyl (C=O) groups excluding carboxylic acids is 2. The Hall–Kier alpha value is -0.800. The predicted octanol–water partition coefficient (Wildman–Crippen LogP) is 2.21. The maximum atomic E-state index is 13.4. The van der Waals surface area contributed by atoms with Crippen LogP contribution in [0.15, 0.2) is 0 Å². The van der Waals surface area contributed by atoms with Crippen molar-refractivity contribution in [2.24, 2.45) is 0 Å². The first-order valence-corrected chi connectivity index (χ1v) is 10.6. The molecule has 0 aromatic carbocycles. The van der Waals surface area contributed by atoms with Crippen molar-refractivity contribution in [1.82, 2.24) is 0 Å². The van der Waals surface area contributed by atoms with E-state index in [4.69, 9.17) is 4.55 Å². The van der Waals surface area contributed by atoms with Crippen molar-refractivity contribution >= 4 is 45.6 Å². The Morgan fingerprint density at radius 3 is 2.37 bits per heavy atom. The van der Waals surface area contributed by atoms with Gasteiger partial charge in [0, 0.05) is 11.0 Å². The molecule has 0 radical (unpaired) electrons. The lowest BCUT2D eigenvalue weighted by molar-refractivity contribution is -0.199. The molecule has 156 valence electrons. The third-order valence-corrected chi connectivity index (χ3v) is 8.50. The molecule has 1 spiro atoms. The van der Waals surface area contributed by atoms with Crippen LogP contribution in [0.2, 0.25) is 0 Å². The molecule has 2 rings (SSSR count). The van der Waals surface area contributed by atoms with Gasteiger partial charge in [0.2, 0.25) is 0 Å². The maximum Gasteiger partial charge on any atom is 0.490 e. The molecular weight excluding hydrogens is 447 g/mol. The van der Waals surface area contributed by atoms with E-state index in [0.29, 0.717) is 12.8 Å². The molecule has 3 unspecified atom stereocenters. The highest BCUT2D eigenvalue weighted by Crippen LogP contribution is 2.58. The summed E-state index contributed by atoms with van der Waals surface area (Å²) in [6.07, 6.45) is -5.36. The maximum absolute atomic E-state index is 13.4. The van der Waals surface area contributed by atoms with E-state index in [-0.39, 0.29) is 12.2 Å². The van der Waals surface area contributed by atoms with Crippen LogP contribution < -0.4 is 0 Å². The summed E-state index contributed by atoms with van der Waals surface area (Å²) >= 11 is 2.17. The Morgan fingerprint density at radius 1 is 1.19 bits per heavy atom. The molecule has 27 heavy (non-hydrogen) atoms. The van der Waals surface area contributed by atoms with E-state index in [1.807, 2.05) is 0 Å². The van der Waals surface area contributed by atoms with Gasteiger partial charge in [-0.2, -0.15) is 30.4 Å². The molecule has 1 aliphatic heterocycles. The molecule has 0 aromatic rings. The smallest absolute Gasteiger partial charge is 0.458 e. The number of rotatable bonds is 5. The Morgan fingerprint density at radius 2 is 1.81 bits per heavy atom. The number of carbonyl (C=O) groups is 2. The average Bonchev–Trinajstić information content (AvgIpc) is 3.10. The quantitative estimate of drug-likeness (QED) is 0.375. The second-order valence-corrected chi connectivity index (χ2v) is 10.4. The molecule has 1 saturated heterocycles. The summed E-state index contributed by atoms with van der Waals surface area (Å²) in [5.74, 6) is -4.57. The summed E-state index contributed by atoms with van der Waals surface area (Å²) < 4.78 is 101. The lowest BCUT2D eigenvalue weighted by atomic mass is 10.3. The van der Waals surface area contributed by atoms with Gasteiger partial charge < -0.3 is 9.47 Å². The van der Waals surface area contributed by atoms with Crippen LogP contribution in [0.3, 0.4) is 0 Å². The van der Waals surface area contributed by atoms with E-state index in [1.165, 1.54) is 0 Å². The van der Waals surface area contributed by atoms with Crippen molar-refractivity contribution in [2.45, 2.75) is 46.1 Å². The Kier molecular flexibility index (Phi) is 6.29. The minimum Gasteiger partial charge on any atom is -0.458 e. The number of esters is 2. The van der Waals surface area contributed by atoms with Crippen LogP contribution in [0.1, 0.15) is 19.3 Å². The SMILES string of the molecule is O=C(OCC1CSC2(CCCC2OC(=O)C(F)(F)S(=O)(=O)O)S1)C(F)(F)F. The minimum atomic E-state index is -6.01. The van der Waals surface area contributed by atoms with Crippen LogP contribution >= 0.6 is 23.5 Å². The van der Waals surface area contributed by atoms with Crippen LogP contribution in [0.5, 0.6) is 0 Å². The van der Waals surface area contributed by atoms with Crippen molar-refractivity contribution in [3.8, 4) is 0 Å². The van der Waals surface area contributed by atoms with Gasteiger partial charge in [0.05, 0.1) is 4.08 Å². The van der Waals surface area contributed by atoms with Crippen molar-refractivity contribution in [2.75, 3.05) is 12.4 Å². The molecule has 1 saturated carbocycles. The molecule has 15 heteroatoms. The monoisotopic (exact) mass is 460 g/mol. The van der Waals surface area contributed by atoms with Crippen LogP contribution in [0.25, 0.3) is 0 Å². The van der Waals surface area contributed by atoms with Crippen LogP contribution in [0.4, 0.5) is 22.0 Å². The van der Waals surface area contributed by atoms with Gasteiger partial charge in [0.15, 0.2) is 0 Å². The van der Waals surface area contributed by atoms with Crippen LogP contribution in [-0.4, -0.2) is 64.1 Å². The van der Waals surface area contributed by atoms with Gasteiger partial charge in [-0.1, -0.05) is 0 Å². The molecule has 7 nitrogen and oxygen atoms in total. The van der Waals surface area contributed by atoms with Crippen LogP contribution in [-0.2, 0) is 29.2 Å². The Bertz CT molecular complexity index is 711. The number of alkyl halides is 5. The van der Waals surface area contributed by atoms with E-state index in [2.05, 4.69) is 9.47 Å². The third kappa shape index (κ3) is 4.79. The Balaban J connectivity index is 2.00. The number of hydrogen-bond acceptors (Lipinski definition) is 8. The van der Waals surface area contributed by atoms with E-state index in [1.54, 1.807) is 0 Å². The van der Waals surface area contributed by atoms with Crippen molar-refractivity contribution in [3.63, 3.8) is 0 Å². The molecule has 0 amide bonds. The molecule has 0 bridgehead atoms. The second kappa shape index (κ2) is 7.55. The van der Waals surface area contributed by atoms with Gasteiger partial charge in [-0.15, -0.1) is 23.5 Å². The fourth-order valence-corrected chi connectivity index (χ4v) is 6.69. The van der Waals surface area contributed by atoms with Gasteiger partial charge in [0.1, 0.15) is 12.7 Å². The highest BCUT2D eigenvalue weighted by atomic mass is 32.2. The number of halogens is 5. The molecule has 1 aliphatic carbocycles. The number of ether oxygens (including phenoxy) is 2. The number of hydrogen-bond donors (Lipinski definition) is 1. The zero-order valence-electron chi connectivity index (χ0n) is 13.2.